The lowest BCUT2D eigenvalue weighted by molar-refractivity contribution is 0.0589. The van der Waals surface area contributed by atoms with Crippen LogP contribution in [-0.2, 0) is 6.42 Å². The summed E-state index contributed by atoms with van der Waals surface area (Å²) < 4.78 is 23.3. The Labute approximate surface area is 202 Å². The van der Waals surface area contributed by atoms with Crippen LogP contribution in [0.3, 0.4) is 0 Å². The molecule has 0 radical (unpaired) electrons. The maximum atomic E-state index is 13.5. The third kappa shape index (κ3) is 4.93. The van der Waals surface area contributed by atoms with Crippen LogP contribution in [0.1, 0.15) is 27.5 Å². The van der Waals surface area contributed by atoms with Gasteiger partial charge in [0.25, 0.3) is 5.91 Å². The molecule has 172 valence electrons. The van der Waals surface area contributed by atoms with Crippen LogP contribution in [0.25, 0.3) is 0 Å². The molecule has 33 heavy (non-hydrogen) atoms. The minimum Gasteiger partial charge on any atom is -0.497 e. The highest BCUT2D eigenvalue weighted by Gasteiger charge is 2.33. The Morgan fingerprint density at radius 2 is 1.64 bits per heavy atom. The van der Waals surface area contributed by atoms with Gasteiger partial charge in [0.2, 0.25) is 0 Å². The number of carbonyl (C=O) groups is 1. The summed E-state index contributed by atoms with van der Waals surface area (Å²) in [5, 5.41) is 0. The molecule has 0 bridgehead atoms. The molecule has 0 aliphatic carbocycles. The van der Waals surface area contributed by atoms with Gasteiger partial charge >= 0.3 is 0 Å². The number of nitrogens with zero attached hydrogens (tertiary/aromatic N) is 1. The second kappa shape index (κ2) is 10.2. The van der Waals surface area contributed by atoms with Crippen molar-refractivity contribution < 1.29 is 23.7 Å². The van der Waals surface area contributed by atoms with Crippen molar-refractivity contribution in [3.63, 3.8) is 0 Å². The summed E-state index contributed by atoms with van der Waals surface area (Å²) in [7, 11) is 4.86. The number of ether oxygens (including phenoxy) is 4. The molecule has 4 rings (SSSR count). The van der Waals surface area contributed by atoms with Crippen molar-refractivity contribution in [3.05, 3.63) is 81.8 Å². The predicted octanol–water partition coefficient (Wildman–Crippen LogP) is 5.29. The third-order valence-corrected chi connectivity index (χ3v) is 6.30. The average Bonchev–Trinajstić information content (AvgIpc) is 2.86. The molecule has 1 aliphatic rings. The van der Waals surface area contributed by atoms with Crippen molar-refractivity contribution in [3.8, 4) is 23.0 Å². The van der Waals surface area contributed by atoms with E-state index in [9.17, 15) is 4.79 Å². The molecule has 1 aliphatic heterocycles. The summed E-state index contributed by atoms with van der Waals surface area (Å²) >= 11 is 3.47. The normalized spacial score (nSPS) is 14.9. The van der Waals surface area contributed by atoms with E-state index >= 15 is 0 Å². The summed E-state index contributed by atoms with van der Waals surface area (Å²) in [4.78, 5) is 15.4. The number of carbonyl (C=O) groups excluding carboxylic acids is 1. The second-order valence-electron chi connectivity index (χ2n) is 7.67. The standard InChI is InChI=1S/C26H26BrNO5/c1-30-20-7-9-21(10-8-20)33-16-23-22-15-25(32-3)24(31-2)14-17(22)11-12-28(23)26(29)18-5-4-6-19(27)13-18/h4-10,13-15,23H,11-12,16H2,1-3H3/t23-/m0/s1. The van der Waals surface area contributed by atoms with E-state index in [1.54, 1.807) is 21.3 Å². The van der Waals surface area contributed by atoms with Gasteiger partial charge in [-0.1, -0.05) is 22.0 Å². The van der Waals surface area contributed by atoms with Gasteiger partial charge in [-0.2, -0.15) is 0 Å². The van der Waals surface area contributed by atoms with E-state index in [4.69, 9.17) is 18.9 Å². The van der Waals surface area contributed by atoms with Crippen LogP contribution in [-0.4, -0.2) is 45.3 Å². The highest BCUT2D eigenvalue weighted by molar-refractivity contribution is 9.10. The quantitative estimate of drug-likeness (QED) is 0.431. The highest BCUT2D eigenvalue weighted by atomic mass is 79.9. The van der Waals surface area contributed by atoms with Gasteiger partial charge in [0.1, 0.15) is 18.1 Å². The molecule has 3 aromatic carbocycles. The zero-order valence-corrected chi connectivity index (χ0v) is 20.4. The first kappa shape index (κ1) is 23.0. The first-order chi connectivity index (χ1) is 16.0. The fourth-order valence-electron chi connectivity index (χ4n) is 4.09. The third-order valence-electron chi connectivity index (χ3n) is 5.80. The van der Waals surface area contributed by atoms with Gasteiger partial charge < -0.3 is 23.8 Å². The number of hydrogen-bond donors (Lipinski definition) is 0. The molecular formula is C26H26BrNO5. The number of halogens is 1. The van der Waals surface area contributed by atoms with Crippen LogP contribution in [0, 0.1) is 0 Å². The second-order valence-corrected chi connectivity index (χ2v) is 8.58. The van der Waals surface area contributed by atoms with Crippen molar-refractivity contribution >= 4 is 21.8 Å². The molecule has 3 aromatic rings. The Bertz CT molecular complexity index is 1130. The minimum absolute atomic E-state index is 0.0416. The van der Waals surface area contributed by atoms with Crippen molar-refractivity contribution in [2.75, 3.05) is 34.5 Å². The molecule has 1 heterocycles. The average molecular weight is 512 g/mol. The fraction of sp³-hybridized carbons (Fsp3) is 0.269. The van der Waals surface area contributed by atoms with Gasteiger partial charge in [-0.25, -0.2) is 0 Å². The molecule has 0 unspecified atom stereocenters. The summed E-state index contributed by atoms with van der Waals surface area (Å²) in [6, 6.07) is 18.5. The van der Waals surface area contributed by atoms with Crippen LogP contribution < -0.4 is 18.9 Å². The maximum absolute atomic E-state index is 13.5. The van der Waals surface area contributed by atoms with Crippen LogP contribution in [0.15, 0.2) is 65.1 Å². The Morgan fingerprint density at radius 1 is 0.939 bits per heavy atom. The summed E-state index contributed by atoms with van der Waals surface area (Å²) in [6.07, 6.45) is 0.717. The Kier molecular flexibility index (Phi) is 7.08. The molecule has 0 fully saturated rings. The van der Waals surface area contributed by atoms with Crippen molar-refractivity contribution in [1.29, 1.82) is 0 Å². The topological polar surface area (TPSA) is 57.2 Å². The fourth-order valence-corrected chi connectivity index (χ4v) is 4.48. The number of fused-ring (bicyclic) bond motifs is 1. The molecule has 1 amide bonds. The van der Waals surface area contributed by atoms with Gasteiger partial charge in [0.15, 0.2) is 11.5 Å². The number of rotatable bonds is 7. The molecule has 6 nitrogen and oxygen atoms in total. The largest absolute Gasteiger partial charge is 0.497 e. The molecule has 0 saturated heterocycles. The van der Waals surface area contributed by atoms with E-state index in [1.807, 2.05) is 65.6 Å². The summed E-state index contributed by atoms with van der Waals surface area (Å²) in [6.45, 7) is 0.874. The van der Waals surface area contributed by atoms with E-state index in [0.29, 0.717) is 42.4 Å². The van der Waals surface area contributed by atoms with Crippen molar-refractivity contribution in [2.45, 2.75) is 12.5 Å². The maximum Gasteiger partial charge on any atom is 0.254 e. The Morgan fingerprint density at radius 3 is 2.30 bits per heavy atom. The highest BCUT2D eigenvalue weighted by Crippen LogP contribution is 2.39. The van der Waals surface area contributed by atoms with E-state index in [0.717, 1.165) is 21.3 Å². The summed E-state index contributed by atoms with van der Waals surface area (Å²) in [5.74, 6) is 2.73. The lowest BCUT2D eigenvalue weighted by Crippen LogP contribution is -2.42. The Hall–Kier alpha value is -3.19. The van der Waals surface area contributed by atoms with Crippen LogP contribution in [0.4, 0.5) is 0 Å². The summed E-state index contributed by atoms with van der Waals surface area (Å²) in [5.41, 5.74) is 2.74. The number of hydrogen-bond acceptors (Lipinski definition) is 5. The monoisotopic (exact) mass is 511 g/mol. The predicted molar refractivity (Wildman–Crippen MR) is 130 cm³/mol. The molecule has 7 heteroatoms. The Balaban J connectivity index is 1.69. The molecule has 0 aromatic heterocycles. The SMILES string of the molecule is COc1ccc(OC[C@H]2c3cc(OC)c(OC)cc3CCN2C(=O)c2cccc(Br)c2)cc1. The van der Waals surface area contributed by atoms with Crippen LogP contribution in [0.5, 0.6) is 23.0 Å². The first-order valence-corrected chi connectivity index (χ1v) is 11.4. The van der Waals surface area contributed by atoms with E-state index in [2.05, 4.69) is 15.9 Å². The van der Waals surface area contributed by atoms with Gasteiger partial charge in [-0.05, 0) is 72.1 Å². The van der Waals surface area contributed by atoms with Crippen molar-refractivity contribution in [1.82, 2.24) is 4.90 Å². The van der Waals surface area contributed by atoms with Crippen LogP contribution >= 0.6 is 15.9 Å². The first-order valence-electron chi connectivity index (χ1n) is 10.6. The molecule has 0 spiro atoms. The molecule has 0 saturated carbocycles. The van der Waals surface area contributed by atoms with Crippen molar-refractivity contribution in [2.24, 2.45) is 0 Å². The smallest absolute Gasteiger partial charge is 0.254 e. The van der Waals surface area contributed by atoms with Gasteiger partial charge in [-0.3, -0.25) is 4.79 Å². The van der Waals surface area contributed by atoms with E-state index in [1.165, 1.54) is 0 Å². The zero-order chi connectivity index (χ0) is 23.4. The van der Waals surface area contributed by atoms with Gasteiger partial charge in [-0.15, -0.1) is 0 Å². The van der Waals surface area contributed by atoms with Crippen LogP contribution in [0.2, 0.25) is 0 Å². The molecule has 1 atom stereocenters. The van der Waals surface area contributed by atoms with Gasteiger partial charge in [0.05, 0.1) is 27.4 Å². The van der Waals surface area contributed by atoms with E-state index in [-0.39, 0.29) is 11.9 Å². The minimum atomic E-state index is -0.290. The molecular weight excluding hydrogens is 486 g/mol. The zero-order valence-electron chi connectivity index (χ0n) is 18.8. The van der Waals surface area contributed by atoms with E-state index < -0.39 is 0 Å². The number of amides is 1. The molecule has 0 N–H and O–H groups in total. The number of methoxy groups -OCH3 is 3. The lowest BCUT2D eigenvalue weighted by atomic mass is 9.91. The lowest BCUT2D eigenvalue weighted by Gasteiger charge is -2.37. The number of benzene rings is 3. The van der Waals surface area contributed by atoms with Gasteiger partial charge in [0, 0.05) is 16.6 Å².